The number of carbonyl (C=O) groups is 2. The van der Waals surface area contributed by atoms with Crippen LogP contribution in [-0.2, 0) is 24.9 Å². The molecule has 0 radical (unpaired) electrons. The van der Waals surface area contributed by atoms with Crippen LogP contribution in [0.4, 0.5) is 10.5 Å². The van der Waals surface area contributed by atoms with Gasteiger partial charge in [-0.1, -0.05) is 54.1 Å². The lowest BCUT2D eigenvalue weighted by molar-refractivity contribution is -0.133. The van der Waals surface area contributed by atoms with E-state index in [4.69, 9.17) is 11.6 Å². The van der Waals surface area contributed by atoms with Gasteiger partial charge in [-0.25, -0.2) is 4.79 Å². The molecular formula is C25H27ClN4O2. The van der Waals surface area contributed by atoms with Crippen LogP contribution in [0.5, 0.6) is 0 Å². The Labute approximate surface area is 193 Å². The van der Waals surface area contributed by atoms with Crippen LogP contribution in [-0.4, -0.2) is 39.4 Å². The highest BCUT2D eigenvalue weighted by atomic mass is 35.5. The van der Waals surface area contributed by atoms with Crippen molar-refractivity contribution in [3.05, 3.63) is 102 Å². The molecule has 2 aromatic carbocycles. The normalized spacial score (nSPS) is 10.4. The molecule has 0 aliphatic rings. The van der Waals surface area contributed by atoms with E-state index in [2.05, 4.69) is 11.9 Å². The van der Waals surface area contributed by atoms with Gasteiger partial charge in [-0.15, -0.1) is 6.58 Å². The minimum atomic E-state index is -0.390. The standard InChI is InChI=1S/C25H27ClN4O2/c1-3-14-29(25(32)27-22-12-7-11-21(26)16-22)19-24(31)30(17-20-9-5-4-6-10-20)18-23-13-8-15-28(23)2/h3-13,15-16H,1,14,17-19H2,2H3,(H,27,32). The molecule has 0 saturated heterocycles. The molecule has 3 aromatic rings. The van der Waals surface area contributed by atoms with Gasteiger partial charge in [0.2, 0.25) is 5.91 Å². The quantitative estimate of drug-likeness (QED) is 0.470. The third-order valence-corrected chi connectivity index (χ3v) is 5.25. The van der Waals surface area contributed by atoms with Gasteiger partial charge in [0, 0.05) is 42.7 Å². The molecule has 6 nitrogen and oxygen atoms in total. The van der Waals surface area contributed by atoms with Crippen molar-refractivity contribution >= 4 is 29.2 Å². The van der Waals surface area contributed by atoms with Crippen LogP contribution in [0.15, 0.2) is 85.6 Å². The minimum absolute atomic E-state index is 0.0737. The molecule has 0 bridgehead atoms. The van der Waals surface area contributed by atoms with Gasteiger partial charge in [-0.3, -0.25) is 4.79 Å². The zero-order valence-corrected chi connectivity index (χ0v) is 18.8. The summed E-state index contributed by atoms with van der Waals surface area (Å²) in [5, 5.41) is 3.32. The van der Waals surface area contributed by atoms with Crippen molar-refractivity contribution in [2.45, 2.75) is 13.1 Å². The first-order valence-corrected chi connectivity index (χ1v) is 10.7. The number of benzene rings is 2. The number of carbonyl (C=O) groups excluding carboxylic acids is 2. The lowest BCUT2D eigenvalue weighted by atomic mass is 10.2. The lowest BCUT2D eigenvalue weighted by Gasteiger charge is -2.27. The molecule has 0 fully saturated rings. The monoisotopic (exact) mass is 450 g/mol. The summed E-state index contributed by atoms with van der Waals surface area (Å²) in [4.78, 5) is 29.4. The number of aromatic nitrogens is 1. The van der Waals surface area contributed by atoms with Crippen LogP contribution in [0.1, 0.15) is 11.3 Å². The molecule has 1 N–H and O–H groups in total. The third kappa shape index (κ3) is 6.49. The number of hydrogen-bond acceptors (Lipinski definition) is 2. The summed E-state index contributed by atoms with van der Waals surface area (Å²) in [6.07, 6.45) is 3.55. The number of anilines is 1. The highest BCUT2D eigenvalue weighted by Crippen LogP contribution is 2.16. The van der Waals surface area contributed by atoms with Gasteiger partial charge in [-0.2, -0.15) is 0 Å². The average molecular weight is 451 g/mol. The Balaban J connectivity index is 1.75. The fourth-order valence-electron chi connectivity index (χ4n) is 3.30. The Morgan fingerprint density at radius 3 is 2.47 bits per heavy atom. The fraction of sp³-hybridized carbons (Fsp3) is 0.200. The predicted molar refractivity (Wildman–Crippen MR) is 128 cm³/mol. The Morgan fingerprint density at radius 1 is 1.03 bits per heavy atom. The number of hydrogen-bond donors (Lipinski definition) is 1. The molecule has 0 aliphatic heterocycles. The van der Waals surface area contributed by atoms with Crippen molar-refractivity contribution in [1.82, 2.24) is 14.4 Å². The second kappa shape index (κ2) is 11.2. The van der Waals surface area contributed by atoms with Crippen LogP contribution < -0.4 is 5.32 Å². The highest BCUT2D eigenvalue weighted by Gasteiger charge is 2.22. The smallest absolute Gasteiger partial charge is 0.322 e. The van der Waals surface area contributed by atoms with Gasteiger partial charge < -0.3 is 19.7 Å². The number of nitrogens with zero attached hydrogens (tertiary/aromatic N) is 3. The van der Waals surface area contributed by atoms with E-state index in [1.807, 2.05) is 60.3 Å². The molecular weight excluding hydrogens is 424 g/mol. The van der Waals surface area contributed by atoms with Gasteiger partial charge in [0.25, 0.3) is 0 Å². The molecule has 0 saturated carbocycles. The number of rotatable bonds is 9. The topological polar surface area (TPSA) is 57.6 Å². The Morgan fingerprint density at radius 2 is 1.81 bits per heavy atom. The summed E-state index contributed by atoms with van der Waals surface area (Å²) in [6.45, 7) is 4.78. The van der Waals surface area contributed by atoms with Gasteiger partial charge in [-0.05, 0) is 35.9 Å². The van der Waals surface area contributed by atoms with Crippen molar-refractivity contribution in [1.29, 1.82) is 0 Å². The molecule has 0 spiro atoms. The first kappa shape index (κ1) is 23.2. The molecule has 0 aliphatic carbocycles. The third-order valence-electron chi connectivity index (χ3n) is 5.01. The number of halogens is 1. The molecule has 1 aromatic heterocycles. The maximum Gasteiger partial charge on any atom is 0.322 e. The number of aryl methyl sites for hydroxylation is 1. The summed E-state index contributed by atoms with van der Waals surface area (Å²) >= 11 is 6.01. The Hall–Kier alpha value is -3.51. The lowest BCUT2D eigenvalue weighted by Crippen LogP contribution is -2.44. The second-order valence-corrected chi connectivity index (χ2v) is 7.89. The van der Waals surface area contributed by atoms with E-state index in [0.29, 0.717) is 23.8 Å². The zero-order chi connectivity index (χ0) is 22.9. The number of amides is 3. The molecule has 166 valence electrons. The van der Waals surface area contributed by atoms with Crippen molar-refractivity contribution < 1.29 is 9.59 Å². The van der Waals surface area contributed by atoms with Crippen molar-refractivity contribution in [3.63, 3.8) is 0 Å². The van der Waals surface area contributed by atoms with Crippen molar-refractivity contribution in [2.24, 2.45) is 7.05 Å². The molecule has 3 rings (SSSR count). The average Bonchev–Trinajstić information content (AvgIpc) is 3.18. The largest absolute Gasteiger partial charge is 0.353 e. The van der Waals surface area contributed by atoms with E-state index in [1.54, 1.807) is 35.2 Å². The number of urea groups is 1. The zero-order valence-electron chi connectivity index (χ0n) is 18.1. The minimum Gasteiger partial charge on any atom is -0.353 e. The van der Waals surface area contributed by atoms with Gasteiger partial charge >= 0.3 is 6.03 Å². The van der Waals surface area contributed by atoms with Crippen LogP contribution in [0.2, 0.25) is 5.02 Å². The summed E-state index contributed by atoms with van der Waals surface area (Å²) in [5.74, 6) is -0.154. The molecule has 0 unspecified atom stereocenters. The van der Waals surface area contributed by atoms with E-state index in [1.165, 1.54) is 4.90 Å². The molecule has 1 heterocycles. The number of nitrogens with one attached hydrogen (secondary N) is 1. The Bertz CT molecular complexity index is 1060. The van der Waals surface area contributed by atoms with Crippen molar-refractivity contribution in [3.8, 4) is 0 Å². The predicted octanol–water partition coefficient (Wildman–Crippen LogP) is 4.93. The Kier molecular flexibility index (Phi) is 8.11. The summed E-state index contributed by atoms with van der Waals surface area (Å²) in [6, 6.07) is 20.2. The highest BCUT2D eigenvalue weighted by molar-refractivity contribution is 6.30. The molecule has 3 amide bonds. The van der Waals surface area contributed by atoms with E-state index in [9.17, 15) is 9.59 Å². The van der Waals surface area contributed by atoms with Crippen molar-refractivity contribution in [2.75, 3.05) is 18.4 Å². The summed E-state index contributed by atoms with van der Waals surface area (Å²) in [7, 11) is 1.95. The first-order valence-electron chi connectivity index (χ1n) is 10.3. The first-order chi connectivity index (χ1) is 15.5. The van der Waals surface area contributed by atoms with Gasteiger partial charge in [0.1, 0.15) is 6.54 Å². The second-order valence-electron chi connectivity index (χ2n) is 7.46. The maximum atomic E-state index is 13.3. The summed E-state index contributed by atoms with van der Waals surface area (Å²) in [5.41, 5.74) is 2.59. The molecule has 7 heteroatoms. The molecule has 32 heavy (non-hydrogen) atoms. The van der Waals surface area contributed by atoms with Gasteiger partial charge in [0.15, 0.2) is 0 Å². The SMILES string of the molecule is C=CCN(CC(=O)N(Cc1ccccc1)Cc1cccn1C)C(=O)Nc1cccc(Cl)c1. The van der Waals surface area contributed by atoms with E-state index in [0.717, 1.165) is 11.3 Å². The van der Waals surface area contributed by atoms with E-state index >= 15 is 0 Å². The maximum absolute atomic E-state index is 13.3. The van der Waals surface area contributed by atoms with Crippen LogP contribution in [0, 0.1) is 0 Å². The fourth-order valence-corrected chi connectivity index (χ4v) is 3.49. The van der Waals surface area contributed by atoms with E-state index in [-0.39, 0.29) is 25.0 Å². The van der Waals surface area contributed by atoms with Crippen LogP contribution in [0.3, 0.4) is 0 Å². The van der Waals surface area contributed by atoms with E-state index < -0.39 is 0 Å². The van der Waals surface area contributed by atoms with Crippen LogP contribution >= 0.6 is 11.6 Å². The van der Waals surface area contributed by atoms with Crippen LogP contribution in [0.25, 0.3) is 0 Å². The van der Waals surface area contributed by atoms with Gasteiger partial charge in [0.05, 0.1) is 6.54 Å². The molecule has 0 atom stereocenters. The summed E-state index contributed by atoms with van der Waals surface area (Å²) < 4.78 is 1.98.